The van der Waals surface area contributed by atoms with Crippen LogP contribution in [0.4, 0.5) is 5.82 Å². The number of thiophene rings is 1. The number of carbonyl (C=O) groups is 2. The van der Waals surface area contributed by atoms with E-state index in [0.717, 1.165) is 12.1 Å². The molecule has 10 heteroatoms. The second-order valence-electron chi connectivity index (χ2n) is 8.41. The van der Waals surface area contributed by atoms with Crippen LogP contribution in [0.25, 0.3) is 0 Å². The lowest BCUT2D eigenvalue weighted by atomic mass is 9.93. The largest absolute Gasteiger partial charge is 0.342 e. The molecule has 0 saturated carbocycles. The quantitative estimate of drug-likeness (QED) is 0.715. The zero-order chi connectivity index (χ0) is 22.7. The molecule has 4 heterocycles. The minimum Gasteiger partial charge on any atom is -0.342 e. The van der Waals surface area contributed by atoms with Gasteiger partial charge < -0.3 is 10.2 Å². The molecule has 0 aromatic carbocycles. The molecule has 0 radical (unpaired) electrons. The molecule has 2 aliphatic rings. The van der Waals surface area contributed by atoms with Crippen LogP contribution in [-0.4, -0.2) is 60.6 Å². The molecule has 0 spiro atoms. The summed E-state index contributed by atoms with van der Waals surface area (Å²) in [7, 11) is -3.57. The molecule has 0 aliphatic carbocycles. The van der Waals surface area contributed by atoms with Gasteiger partial charge in [-0.3, -0.25) is 9.59 Å². The zero-order valence-electron chi connectivity index (χ0n) is 18.1. The molecule has 2 saturated heterocycles. The Morgan fingerprint density at radius 1 is 1.06 bits per heavy atom. The number of anilines is 1. The molecule has 0 bridgehead atoms. The van der Waals surface area contributed by atoms with E-state index in [9.17, 15) is 18.0 Å². The molecule has 2 atom stereocenters. The van der Waals surface area contributed by atoms with Gasteiger partial charge in [0.1, 0.15) is 10.0 Å². The van der Waals surface area contributed by atoms with Gasteiger partial charge in [0.15, 0.2) is 0 Å². The van der Waals surface area contributed by atoms with E-state index in [2.05, 4.69) is 10.3 Å². The van der Waals surface area contributed by atoms with Gasteiger partial charge >= 0.3 is 0 Å². The molecular formula is C22H28N4O4S2. The van der Waals surface area contributed by atoms with Crippen molar-refractivity contribution in [2.45, 2.75) is 36.8 Å². The highest BCUT2D eigenvalue weighted by Crippen LogP contribution is 2.28. The molecule has 2 unspecified atom stereocenters. The SMILES string of the molecule is Cc1cccc(NC(=O)C2CCCN(C(=O)C3CCCN(S(=O)(=O)c4cccs4)C3)C2)n1. The number of hydrogen-bond donors (Lipinski definition) is 1. The fraction of sp³-hybridized carbons (Fsp3) is 0.500. The molecule has 32 heavy (non-hydrogen) atoms. The monoisotopic (exact) mass is 476 g/mol. The summed E-state index contributed by atoms with van der Waals surface area (Å²) >= 11 is 1.19. The van der Waals surface area contributed by atoms with Crippen LogP contribution in [0.15, 0.2) is 39.9 Å². The number of likely N-dealkylation sites (tertiary alicyclic amines) is 1. The normalized spacial score (nSPS) is 22.5. The van der Waals surface area contributed by atoms with Crippen LogP contribution in [-0.2, 0) is 19.6 Å². The van der Waals surface area contributed by atoms with Crippen molar-refractivity contribution >= 4 is 39.0 Å². The van der Waals surface area contributed by atoms with E-state index in [1.54, 1.807) is 28.5 Å². The van der Waals surface area contributed by atoms with Gasteiger partial charge in [0.05, 0.1) is 11.8 Å². The average molecular weight is 477 g/mol. The number of aromatic nitrogens is 1. The summed E-state index contributed by atoms with van der Waals surface area (Å²) in [4.78, 5) is 32.1. The summed E-state index contributed by atoms with van der Waals surface area (Å²) in [6, 6.07) is 8.77. The van der Waals surface area contributed by atoms with Crippen LogP contribution in [0.3, 0.4) is 0 Å². The Morgan fingerprint density at radius 2 is 1.84 bits per heavy atom. The molecule has 2 fully saturated rings. The van der Waals surface area contributed by atoms with Crippen molar-refractivity contribution in [3.63, 3.8) is 0 Å². The lowest BCUT2D eigenvalue weighted by molar-refractivity contribution is -0.139. The van der Waals surface area contributed by atoms with Gasteiger partial charge in [-0.1, -0.05) is 12.1 Å². The first-order valence-electron chi connectivity index (χ1n) is 10.9. The van der Waals surface area contributed by atoms with Crippen LogP contribution in [0.1, 0.15) is 31.4 Å². The first kappa shape index (κ1) is 22.9. The Labute approximate surface area is 192 Å². The molecule has 172 valence electrons. The second kappa shape index (κ2) is 9.68. The summed E-state index contributed by atoms with van der Waals surface area (Å²) in [5.74, 6) is -0.350. The van der Waals surface area contributed by atoms with Crippen molar-refractivity contribution < 1.29 is 18.0 Å². The summed E-state index contributed by atoms with van der Waals surface area (Å²) in [5.41, 5.74) is 0.822. The first-order valence-corrected chi connectivity index (χ1v) is 13.2. The summed E-state index contributed by atoms with van der Waals surface area (Å²) in [6.45, 7) is 3.44. The fourth-order valence-electron chi connectivity index (χ4n) is 4.39. The van der Waals surface area contributed by atoms with Crippen molar-refractivity contribution in [2.24, 2.45) is 11.8 Å². The van der Waals surface area contributed by atoms with Gasteiger partial charge in [0.2, 0.25) is 11.8 Å². The molecule has 1 N–H and O–H groups in total. The molecule has 2 aromatic rings. The van der Waals surface area contributed by atoms with Crippen LogP contribution >= 0.6 is 11.3 Å². The molecule has 2 amide bonds. The summed E-state index contributed by atoms with van der Waals surface area (Å²) in [5, 5.41) is 4.60. The maximum atomic E-state index is 13.2. The first-order chi connectivity index (χ1) is 15.3. The van der Waals surface area contributed by atoms with E-state index in [0.29, 0.717) is 48.9 Å². The highest BCUT2D eigenvalue weighted by atomic mass is 32.2. The topological polar surface area (TPSA) is 99.7 Å². The third-order valence-electron chi connectivity index (χ3n) is 6.07. The van der Waals surface area contributed by atoms with Crippen molar-refractivity contribution in [2.75, 3.05) is 31.5 Å². The number of sulfonamides is 1. The maximum absolute atomic E-state index is 13.2. The Morgan fingerprint density at radius 3 is 2.59 bits per heavy atom. The Kier molecular flexibility index (Phi) is 6.92. The number of rotatable bonds is 5. The number of nitrogens with zero attached hydrogens (tertiary/aromatic N) is 3. The number of amides is 2. The Hall–Kier alpha value is -2.30. The van der Waals surface area contributed by atoms with Crippen molar-refractivity contribution in [3.05, 3.63) is 41.4 Å². The van der Waals surface area contributed by atoms with E-state index >= 15 is 0 Å². The van der Waals surface area contributed by atoms with Crippen LogP contribution in [0.2, 0.25) is 0 Å². The van der Waals surface area contributed by atoms with Crippen molar-refractivity contribution in [3.8, 4) is 0 Å². The van der Waals surface area contributed by atoms with Gasteiger partial charge in [-0.05, 0) is 56.2 Å². The Balaban J connectivity index is 1.39. The number of pyridine rings is 1. The van der Waals surface area contributed by atoms with Crippen LogP contribution in [0, 0.1) is 18.8 Å². The van der Waals surface area contributed by atoms with Crippen LogP contribution in [0.5, 0.6) is 0 Å². The average Bonchev–Trinajstić information content (AvgIpc) is 3.35. The summed E-state index contributed by atoms with van der Waals surface area (Å²) < 4.78 is 27.5. The minimum atomic E-state index is -3.57. The zero-order valence-corrected chi connectivity index (χ0v) is 19.7. The lowest BCUT2D eigenvalue weighted by Crippen LogP contribution is -2.50. The molecule has 2 aliphatic heterocycles. The standard InChI is InChI=1S/C22H28N4O4S2/c1-16-6-2-9-19(23-16)24-21(27)17-7-3-11-25(14-17)22(28)18-8-4-12-26(15-18)32(29,30)20-10-5-13-31-20/h2,5-6,9-10,13,17-18H,3-4,7-8,11-12,14-15H2,1H3,(H,23,24,27). The highest BCUT2D eigenvalue weighted by molar-refractivity contribution is 7.91. The predicted molar refractivity (Wildman–Crippen MR) is 123 cm³/mol. The third kappa shape index (κ3) is 5.02. The smallest absolute Gasteiger partial charge is 0.252 e. The van der Waals surface area contributed by atoms with E-state index in [1.807, 2.05) is 19.1 Å². The molecular weight excluding hydrogens is 448 g/mol. The predicted octanol–water partition coefficient (Wildman–Crippen LogP) is 2.73. The van der Waals surface area contributed by atoms with E-state index < -0.39 is 10.0 Å². The Bertz CT molecular complexity index is 1070. The number of piperidine rings is 2. The molecule has 4 rings (SSSR count). The number of carbonyl (C=O) groups excluding carboxylic acids is 2. The van der Waals surface area contributed by atoms with Gasteiger partial charge in [-0.2, -0.15) is 4.31 Å². The van der Waals surface area contributed by atoms with Crippen LogP contribution < -0.4 is 5.32 Å². The van der Waals surface area contributed by atoms with E-state index in [4.69, 9.17) is 0 Å². The number of aryl methyl sites for hydroxylation is 1. The molecule has 2 aromatic heterocycles. The number of nitrogens with one attached hydrogen (secondary N) is 1. The summed E-state index contributed by atoms with van der Waals surface area (Å²) in [6.07, 6.45) is 2.77. The maximum Gasteiger partial charge on any atom is 0.252 e. The number of hydrogen-bond acceptors (Lipinski definition) is 6. The highest BCUT2D eigenvalue weighted by Gasteiger charge is 2.37. The van der Waals surface area contributed by atoms with E-state index in [-0.39, 0.29) is 30.2 Å². The lowest BCUT2D eigenvalue weighted by Gasteiger charge is -2.37. The third-order valence-corrected chi connectivity index (χ3v) is 9.30. The molecule has 8 nitrogen and oxygen atoms in total. The fourth-order valence-corrected chi connectivity index (χ4v) is 7.06. The second-order valence-corrected chi connectivity index (χ2v) is 11.5. The van der Waals surface area contributed by atoms with Crippen molar-refractivity contribution in [1.29, 1.82) is 0 Å². The van der Waals surface area contributed by atoms with Crippen molar-refractivity contribution in [1.82, 2.24) is 14.2 Å². The van der Waals surface area contributed by atoms with E-state index in [1.165, 1.54) is 15.6 Å². The van der Waals surface area contributed by atoms with Gasteiger partial charge in [0, 0.05) is 31.9 Å². The van der Waals surface area contributed by atoms with Gasteiger partial charge in [0.25, 0.3) is 10.0 Å². The van der Waals surface area contributed by atoms with Gasteiger partial charge in [-0.15, -0.1) is 11.3 Å². The minimum absolute atomic E-state index is 0.0535. The van der Waals surface area contributed by atoms with Gasteiger partial charge in [-0.25, -0.2) is 13.4 Å².